The molecule has 0 radical (unpaired) electrons. The Morgan fingerprint density at radius 2 is 2.29 bits per heavy atom. The van der Waals surface area contributed by atoms with Crippen LogP contribution in [0, 0.1) is 0 Å². The van der Waals surface area contributed by atoms with Gasteiger partial charge in [0.25, 0.3) is 0 Å². The molecule has 1 atom stereocenters. The molecule has 1 aliphatic carbocycles. The van der Waals surface area contributed by atoms with Crippen molar-refractivity contribution in [3.63, 3.8) is 0 Å². The Balaban J connectivity index is 2.03. The molecule has 0 fully saturated rings. The number of hydrogen-bond donors (Lipinski definition) is 1. The first kappa shape index (κ1) is 10.5. The molecule has 2 aromatic rings. The predicted octanol–water partition coefficient (Wildman–Crippen LogP) is 1.69. The van der Waals surface area contributed by atoms with Crippen molar-refractivity contribution in [2.75, 3.05) is 7.05 Å². The SMILES string of the molecule is CNC1CCc2cc(-c3cnnn3C)ccc21. The van der Waals surface area contributed by atoms with E-state index in [4.69, 9.17) is 0 Å². The first-order valence-corrected chi connectivity index (χ1v) is 5.94. The second-order valence-corrected chi connectivity index (χ2v) is 4.54. The molecule has 0 saturated heterocycles. The molecule has 1 aromatic heterocycles. The number of nitrogens with one attached hydrogen (secondary N) is 1. The molecule has 1 heterocycles. The molecule has 0 bridgehead atoms. The van der Waals surface area contributed by atoms with Gasteiger partial charge in [-0.05, 0) is 37.1 Å². The van der Waals surface area contributed by atoms with Crippen LogP contribution in [-0.4, -0.2) is 22.0 Å². The highest BCUT2D eigenvalue weighted by atomic mass is 15.4. The monoisotopic (exact) mass is 228 g/mol. The Hall–Kier alpha value is -1.68. The van der Waals surface area contributed by atoms with Gasteiger partial charge in [-0.1, -0.05) is 17.3 Å². The number of benzene rings is 1. The lowest BCUT2D eigenvalue weighted by atomic mass is 10.0. The summed E-state index contributed by atoms with van der Waals surface area (Å²) in [6.45, 7) is 0. The van der Waals surface area contributed by atoms with Crippen molar-refractivity contribution in [1.82, 2.24) is 20.3 Å². The van der Waals surface area contributed by atoms with Crippen LogP contribution in [0.5, 0.6) is 0 Å². The summed E-state index contributed by atoms with van der Waals surface area (Å²) in [6, 6.07) is 7.17. The summed E-state index contributed by atoms with van der Waals surface area (Å²) in [5.41, 5.74) is 5.16. The van der Waals surface area contributed by atoms with Crippen LogP contribution in [-0.2, 0) is 13.5 Å². The van der Waals surface area contributed by atoms with Crippen LogP contribution >= 0.6 is 0 Å². The van der Waals surface area contributed by atoms with Gasteiger partial charge in [0.2, 0.25) is 0 Å². The van der Waals surface area contributed by atoms with Crippen molar-refractivity contribution in [1.29, 1.82) is 0 Å². The van der Waals surface area contributed by atoms with Gasteiger partial charge in [-0.3, -0.25) is 0 Å². The number of nitrogens with zero attached hydrogens (tertiary/aromatic N) is 3. The Kier molecular flexibility index (Phi) is 2.44. The summed E-state index contributed by atoms with van der Waals surface area (Å²) in [6.07, 6.45) is 4.16. The van der Waals surface area contributed by atoms with Gasteiger partial charge in [0.15, 0.2) is 0 Å². The molecule has 1 unspecified atom stereocenters. The number of hydrogen-bond acceptors (Lipinski definition) is 3. The van der Waals surface area contributed by atoms with E-state index in [0.29, 0.717) is 6.04 Å². The number of aromatic nitrogens is 3. The molecular formula is C13H16N4. The van der Waals surface area contributed by atoms with Crippen LogP contribution in [0.3, 0.4) is 0 Å². The van der Waals surface area contributed by atoms with E-state index in [-0.39, 0.29) is 0 Å². The largest absolute Gasteiger partial charge is 0.313 e. The summed E-state index contributed by atoms with van der Waals surface area (Å²) in [5.74, 6) is 0. The van der Waals surface area contributed by atoms with E-state index < -0.39 is 0 Å². The minimum Gasteiger partial charge on any atom is -0.313 e. The molecule has 0 amide bonds. The molecule has 0 saturated carbocycles. The summed E-state index contributed by atoms with van der Waals surface area (Å²) in [7, 11) is 3.95. The molecule has 0 aliphatic heterocycles. The molecule has 88 valence electrons. The van der Waals surface area contributed by atoms with Gasteiger partial charge in [0.05, 0.1) is 11.9 Å². The van der Waals surface area contributed by atoms with E-state index in [1.807, 2.05) is 25.0 Å². The Morgan fingerprint density at radius 1 is 1.41 bits per heavy atom. The maximum absolute atomic E-state index is 3.97. The van der Waals surface area contributed by atoms with Gasteiger partial charge < -0.3 is 5.32 Å². The third-order valence-corrected chi connectivity index (χ3v) is 3.58. The van der Waals surface area contributed by atoms with E-state index in [1.165, 1.54) is 23.1 Å². The molecular weight excluding hydrogens is 212 g/mol. The highest BCUT2D eigenvalue weighted by Gasteiger charge is 2.21. The fourth-order valence-corrected chi connectivity index (χ4v) is 2.63. The van der Waals surface area contributed by atoms with E-state index >= 15 is 0 Å². The van der Waals surface area contributed by atoms with E-state index in [9.17, 15) is 0 Å². The summed E-state index contributed by atoms with van der Waals surface area (Å²) in [5, 5.41) is 11.3. The molecule has 4 heteroatoms. The quantitative estimate of drug-likeness (QED) is 0.850. The van der Waals surface area contributed by atoms with Crippen LogP contribution in [0.25, 0.3) is 11.3 Å². The van der Waals surface area contributed by atoms with Crippen molar-refractivity contribution >= 4 is 0 Å². The Morgan fingerprint density at radius 3 is 3.00 bits per heavy atom. The van der Waals surface area contributed by atoms with Crippen LogP contribution in [0.2, 0.25) is 0 Å². The molecule has 1 aliphatic rings. The number of fused-ring (bicyclic) bond motifs is 1. The van der Waals surface area contributed by atoms with Crippen LogP contribution in [0.15, 0.2) is 24.4 Å². The zero-order valence-electron chi connectivity index (χ0n) is 10.1. The third-order valence-electron chi connectivity index (χ3n) is 3.58. The van der Waals surface area contributed by atoms with Gasteiger partial charge in [-0.15, -0.1) is 5.10 Å². The summed E-state index contributed by atoms with van der Waals surface area (Å²) < 4.78 is 1.81. The molecule has 3 rings (SSSR count). The topological polar surface area (TPSA) is 42.7 Å². The highest BCUT2D eigenvalue weighted by molar-refractivity contribution is 5.61. The van der Waals surface area contributed by atoms with Crippen molar-refractivity contribution < 1.29 is 0 Å². The minimum absolute atomic E-state index is 0.517. The maximum atomic E-state index is 3.97. The van der Waals surface area contributed by atoms with Crippen LogP contribution < -0.4 is 5.32 Å². The second-order valence-electron chi connectivity index (χ2n) is 4.54. The standard InChI is InChI=1S/C13H16N4/c1-14-12-6-4-9-7-10(3-5-11(9)12)13-8-15-16-17(13)2/h3,5,7-8,12,14H,4,6H2,1-2H3. The second kappa shape index (κ2) is 3.96. The Labute approximate surface area is 101 Å². The summed E-state index contributed by atoms with van der Waals surface area (Å²) >= 11 is 0. The van der Waals surface area contributed by atoms with Gasteiger partial charge in [-0.25, -0.2) is 4.68 Å². The molecule has 1 N–H and O–H groups in total. The average molecular weight is 228 g/mol. The summed E-state index contributed by atoms with van der Waals surface area (Å²) in [4.78, 5) is 0. The number of rotatable bonds is 2. The first-order chi connectivity index (χ1) is 8.29. The molecule has 4 nitrogen and oxygen atoms in total. The third kappa shape index (κ3) is 1.65. The maximum Gasteiger partial charge on any atom is 0.0882 e. The normalized spacial score (nSPS) is 18.4. The smallest absolute Gasteiger partial charge is 0.0882 e. The van der Waals surface area contributed by atoms with Crippen LogP contribution in [0.4, 0.5) is 0 Å². The lowest BCUT2D eigenvalue weighted by Gasteiger charge is -2.10. The molecule has 17 heavy (non-hydrogen) atoms. The van der Waals surface area contributed by atoms with Crippen molar-refractivity contribution in [2.45, 2.75) is 18.9 Å². The van der Waals surface area contributed by atoms with E-state index in [2.05, 4.69) is 33.8 Å². The lowest BCUT2D eigenvalue weighted by molar-refractivity contribution is 0.590. The molecule has 0 spiro atoms. The van der Waals surface area contributed by atoms with Gasteiger partial charge >= 0.3 is 0 Å². The van der Waals surface area contributed by atoms with Gasteiger partial charge in [-0.2, -0.15) is 0 Å². The zero-order chi connectivity index (χ0) is 11.8. The fourth-order valence-electron chi connectivity index (χ4n) is 2.63. The fraction of sp³-hybridized carbons (Fsp3) is 0.385. The van der Waals surface area contributed by atoms with Crippen molar-refractivity contribution in [3.05, 3.63) is 35.5 Å². The van der Waals surface area contributed by atoms with Crippen molar-refractivity contribution in [2.24, 2.45) is 7.05 Å². The highest BCUT2D eigenvalue weighted by Crippen LogP contribution is 2.33. The van der Waals surface area contributed by atoms with Crippen molar-refractivity contribution in [3.8, 4) is 11.3 Å². The molecule has 1 aromatic carbocycles. The van der Waals surface area contributed by atoms with Gasteiger partial charge in [0, 0.05) is 18.7 Å². The minimum atomic E-state index is 0.517. The Bertz CT molecular complexity index is 544. The predicted molar refractivity (Wildman–Crippen MR) is 66.6 cm³/mol. The zero-order valence-corrected chi connectivity index (χ0v) is 10.1. The van der Waals surface area contributed by atoms with E-state index in [1.54, 1.807) is 0 Å². The van der Waals surface area contributed by atoms with E-state index in [0.717, 1.165) is 12.1 Å². The average Bonchev–Trinajstić information content (AvgIpc) is 2.93. The van der Waals surface area contributed by atoms with Gasteiger partial charge in [0.1, 0.15) is 0 Å². The first-order valence-electron chi connectivity index (χ1n) is 5.94. The lowest BCUT2D eigenvalue weighted by Crippen LogP contribution is -2.12. The number of aryl methyl sites for hydroxylation is 2. The van der Waals surface area contributed by atoms with Crippen LogP contribution in [0.1, 0.15) is 23.6 Å².